The Bertz CT molecular complexity index is 794. The highest BCUT2D eigenvalue weighted by Gasteiger charge is 2.39. The summed E-state index contributed by atoms with van der Waals surface area (Å²) in [6.07, 6.45) is 0. The van der Waals surface area contributed by atoms with Gasteiger partial charge in [-0.3, -0.25) is 14.5 Å². The number of amides is 2. The number of carboxylic acid groups (broad SMARTS) is 1. The molecule has 0 radical (unpaired) electrons. The Morgan fingerprint density at radius 1 is 1.12 bits per heavy atom. The number of benzene rings is 2. The predicted molar refractivity (Wildman–Crippen MR) is 90.8 cm³/mol. The first kappa shape index (κ1) is 16.1. The molecule has 2 amide bonds. The number of imide groups is 1. The largest absolute Gasteiger partial charge is 0.478 e. The summed E-state index contributed by atoms with van der Waals surface area (Å²) in [5.41, 5.74) is 1.47. The third-order valence-electron chi connectivity index (χ3n) is 3.52. The third kappa shape index (κ3) is 3.41. The fraction of sp³-hybridized carbons (Fsp3) is 0.118. The zero-order valence-corrected chi connectivity index (χ0v) is 13.3. The van der Waals surface area contributed by atoms with E-state index < -0.39 is 11.3 Å². The van der Waals surface area contributed by atoms with E-state index in [0.29, 0.717) is 5.56 Å². The van der Waals surface area contributed by atoms with Crippen molar-refractivity contribution in [1.29, 1.82) is 0 Å². The lowest BCUT2D eigenvalue weighted by atomic mass is 10.1. The fourth-order valence-electron chi connectivity index (χ4n) is 2.35. The second kappa shape index (κ2) is 6.76. The quantitative estimate of drug-likeness (QED) is 0.868. The van der Waals surface area contributed by atoms with Crippen LogP contribution in [0.4, 0.5) is 10.5 Å². The number of nitrogens with one attached hydrogen (secondary N) is 1. The molecule has 3 rings (SSSR count). The zero-order valence-electron chi connectivity index (χ0n) is 12.5. The monoisotopic (exact) mass is 342 g/mol. The number of carboxylic acids is 1. The molecular formula is C17H14N2O4S. The minimum atomic E-state index is -1.05. The molecule has 6 nitrogen and oxygen atoms in total. The number of carbonyl (C=O) groups excluding carboxylic acids is 2. The molecular weight excluding hydrogens is 328 g/mol. The molecule has 1 aliphatic rings. The minimum Gasteiger partial charge on any atom is -0.478 e. The van der Waals surface area contributed by atoms with Gasteiger partial charge >= 0.3 is 5.97 Å². The molecule has 24 heavy (non-hydrogen) atoms. The maximum absolute atomic E-state index is 12.4. The number of thioether (sulfide) groups is 1. The van der Waals surface area contributed by atoms with Crippen molar-refractivity contribution in [1.82, 2.24) is 4.90 Å². The highest BCUT2D eigenvalue weighted by atomic mass is 32.2. The highest BCUT2D eigenvalue weighted by Crippen LogP contribution is 2.29. The van der Waals surface area contributed by atoms with Crippen LogP contribution < -0.4 is 5.32 Å². The Morgan fingerprint density at radius 2 is 1.88 bits per heavy atom. The van der Waals surface area contributed by atoms with E-state index in [9.17, 15) is 14.4 Å². The first-order chi connectivity index (χ1) is 11.5. The Labute approximate surface area is 142 Å². The van der Waals surface area contributed by atoms with Crippen LogP contribution in [-0.2, 0) is 11.3 Å². The van der Waals surface area contributed by atoms with E-state index in [1.807, 2.05) is 30.3 Å². The van der Waals surface area contributed by atoms with Gasteiger partial charge in [-0.15, -0.1) is 0 Å². The zero-order chi connectivity index (χ0) is 17.1. The molecule has 2 aromatic carbocycles. The van der Waals surface area contributed by atoms with Crippen LogP contribution in [0.3, 0.4) is 0 Å². The molecule has 1 saturated heterocycles. The van der Waals surface area contributed by atoms with Gasteiger partial charge in [0.2, 0.25) is 0 Å². The van der Waals surface area contributed by atoms with Gasteiger partial charge in [-0.05, 0) is 41.6 Å². The smallest absolute Gasteiger partial charge is 0.335 e. The first-order valence-corrected chi connectivity index (χ1v) is 8.08. The van der Waals surface area contributed by atoms with Crippen LogP contribution in [0, 0.1) is 0 Å². The summed E-state index contributed by atoms with van der Waals surface area (Å²) < 4.78 is 0. The Morgan fingerprint density at radius 3 is 2.58 bits per heavy atom. The van der Waals surface area contributed by atoms with E-state index in [0.717, 1.165) is 22.3 Å². The molecule has 2 aromatic rings. The van der Waals surface area contributed by atoms with Crippen LogP contribution in [0.1, 0.15) is 15.9 Å². The van der Waals surface area contributed by atoms with Gasteiger partial charge in [-0.25, -0.2) is 4.79 Å². The summed E-state index contributed by atoms with van der Waals surface area (Å²) in [7, 11) is 0. The average Bonchev–Trinajstić information content (AvgIpc) is 2.83. The van der Waals surface area contributed by atoms with E-state index >= 15 is 0 Å². The van der Waals surface area contributed by atoms with Gasteiger partial charge in [-0.2, -0.15) is 0 Å². The van der Waals surface area contributed by atoms with Gasteiger partial charge in [-0.1, -0.05) is 30.3 Å². The molecule has 1 heterocycles. The number of para-hydroxylation sites is 1. The van der Waals surface area contributed by atoms with Gasteiger partial charge in [0.25, 0.3) is 11.1 Å². The van der Waals surface area contributed by atoms with Gasteiger partial charge in [0.15, 0.2) is 5.37 Å². The van der Waals surface area contributed by atoms with Crippen molar-refractivity contribution in [3.05, 3.63) is 65.7 Å². The number of anilines is 1. The van der Waals surface area contributed by atoms with Gasteiger partial charge in [0.05, 0.1) is 12.1 Å². The normalized spacial score (nSPS) is 17.2. The fourth-order valence-corrected chi connectivity index (χ4v) is 3.26. The summed E-state index contributed by atoms with van der Waals surface area (Å²) in [4.78, 5) is 36.7. The number of aromatic carboxylic acids is 1. The molecule has 0 bridgehead atoms. The van der Waals surface area contributed by atoms with Crippen LogP contribution in [-0.4, -0.2) is 32.5 Å². The van der Waals surface area contributed by atoms with E-state index in [1.165, 1.54) is 12.1 Å². The molecule has 0 saturated carbocycles. The Kier molecular flexibility index (Phi) is 4.52. The summed E-state index contributed by atoms with van der Waals surface area (Å²) in [5.74, 6) is -1.39. The molecule has 0 aliphatic carbocycles. The Hall–Kier alpha value is -2.80. The first-order valence-electron chi connectivity index (χ1n) is 7.20. The second-order valence-corrected chi connectivity index (χ2v) is 6.26. The number of hydrogen-bond acceptors (Lipinski definition) is 5. The van der Waals surface area contributed by atoms with E-state index in [-0.39, 0.29) is 23.3 Å². The van der Waals surface area contributed by atoms with Crippen LogP contribution in [0.2, 0.25) is 0 Å². The van der Waals surface area contributed by atoms with Crippen LogP contribution in [0.15, 0.2) is 54.6 Å². The van der Waals surface area contributed by atoms with Gasteiger partial charge in [0, 0.05) is 5.69 Å². The molecule has 1 atom stereocenters. The topological polar surface area (TPSA) is 86.7 Å². The van der Waals surface area contributed by atoms with E-state index in [2.05, 4.69) is 5.32 Å². The maximum Gasteiger partial charge on any atom is 0.335 e. The van der Waals surface area contributed by atoms with Crippen molar-refractivity contribution in [2.24, 2.45) is 0 Å². The minimum absolute atomic E-state index is 0.0543. The molecule has 0 unspecified atom stereocenters. The van der Waals surface area contributed by atoms with Crippen molar-refractivity contribution in [2.45, 2.75) is 11.9 Å². The number of carbonyl (C=O) groups is 3. The third-order valence-corrected chi connectivity index (χ3v) is 4.49. The van der Waals surface area contributed by atoms with E-state index in [4.69, 9.17) is 5.11 Å². The molecule has 122 valence electrons. The summed E-state index contributed by atoms with van der Waals surface area (Å²) >= 11 is 0.916. The van der Waals surface area contributed by atoms with E-state index in [1.54, 1.807) is 12.1 Å². The van der Waals surface area contributed by atoms with Crippen molar-refractivity contribution >= 4 is 34.6 Å². The number of nitrogens with zero attached hydrogens (tertiary/aromatic N) is 1. The van der Waals surface area contributed by atoms with Crippen molar-refractivity contribution < 1.29 is 19.5 Å². The average molecular weight is 342 g/mol. The number of hydrogen-bond donors (Lipinski definition) is 2. The molecule has 1 fully saturated rings. The predicted octanol–water partition coefficient (Wildman–Crippen LogP) is 3.02. The summed E-state index contributed by atoms with van der Waals surface area (Å²) in [6, 6.07) is 15.4. The van der Waals surface area contributed by atoms with Crippen LogP contribution in [0.5, 0.6) is 0 Å². The lowest BCUT2D eigenvalue weighted by Crippen LogP contribution is -2.33. The molecule has 0 aromatic heterocycles. The molecule has 7 heteroatoms. The van der Waals surface area contributed by atoms with Crippen molar-refractivity contribution in [3.63, 3.8) is 0 Å². The number of rotatable bonds is 5. The van der Waals surface area contributed by atoms with Gasteiger partial charge < -0.3 is 10.4 Å². The SMILES string of the molecule is O=C(O)c1cccc(CN2C(=O)S[C@H](Nc3ccccc3)C2=O)c1. The molecule has 1 aliphatic heterocycles. The van der Waals surface area contributed by atoms with Crippen LogP contribution in [0.25, 0.3) is 0 Å². The van der Waals surface area contributed by atoms with Crippen molar-refractivity contribution in [2.75, 3.05) is 5.32 Å². The highest BCUT2D eigenvalue weighted by molar-refractivity contribution is 8.15. The summed E-state index contributed by atoms with van der Waals surface area (Å²) in [5, 5.41) is 11.0. The lowest BCUT2D eigenvalue weighted by Gasteiger charge is -2.15. The Balaban J connectivity index is 1.72. The maximum atomic E-state index is 12.4. The van der Waals surface area contributed by atoms with Crippen LogP contribution >= 0.6 is 11.8 Å². The molecule has 2 N–H and O–H groups in total. The van der Waals surface area contributed by atoms with Crippen molar-refractivity contribution in [3.8, 4) is 0 Å². The second-order valence-electron chi connectivity index (χ2n) is 5.20. The molecule has 0 spiro atoms. The standard InChI is InChI=1S/C17H14N2O4S/c20-15-14(18-13-7-2-1-3-8-13)24-17(23)19(15)10-11-5-4-6-12(9-11)16(21)22/h1-9,14,18H,10H2,(H,21,22)/t14-/m0/s1. The summed E-state index contributed by atoms with van der Waals surface area (Å²) in [6.45, 7) is 0.0543. The lowest BCUT2D eigenvalue weighted by molar-refractivity contribution is -0.126. The van der Waals surface area contributed by atoms with Gasteiger partial charge in [0.1, 0.15) is 0 Å².